The Bertz CT molecular complexity index is 954. The molecule has 1 heterocycles. The highest BCUT2D eigenvalue weighted by atomic mass is 35.5. The van der Waals surface area contributed by atoms with Crippen molar-refractivity contribution in [3.05, 3.63) is 82.9 Å². The summed E-state index contributed by atoms with van der Waals surface area (Å²) < 4.78 is 42.4. The smallest absolute Gasteiger partial charge is 0.406 e. The molecule has 1 atom stereocenters. The van der Waals surface area contributed by atoms with Crippen LogP contribution in [0.15, 0.2) is 60.9 Å². The van der Waals surface area contributed by atoms with Gasteiger partial charge in [0.1, 0.15) is 17.6 Å². The molecule has 3 aromatic rings. The molecule has 0 bridgehead atoms. The summed E-state index contributed by atoms with van der Waals surface area (Å²) in [4.78, 5) is 16.9. The molecular weight excluding hydrogens is 395 g/mol. The van der Waals surface area contributed by atoms with E-state index in [2.05, 4.69) is 15.0 Å². The predicted octanol–water partition coefficient (Wildman–Crippen LogP) is 4.49. The molecule has 9 heteroatoms. The first-order valence-electron chi connectivity index (χ1n) is 8.12. The molecule has 1 amide bonds. The zero-order valence-corrected chi connectivity index (χ0v) is 15.3. The fourth-order valence-electron chi connectivity index (χ4n) is 2.63. The molecule has 0 fully saturated rings. The summed E-state index contributed by atoms with van der Waals surface area (Å²) in [5.74, 6) is -0.281. The molecule has 0 saturated carbocycles. The molecule has 5 nitrogen and oxygen atoms in total. The number of nitrogens with zero attached hydrogens (tertiary/aromatic N) is 2. The molecule has 0 saturated heterocycles. The van der Waals surface area contributed by atoms with Gasteiger partial charge < -0.3 is 14.6 Å². The van der Waals surface area contributed by atoms with Gasteiger partial charge in [-0.1, -0.05) is 23.7 Å². The third kappa shape index (κ3) is 4.83. The third-order valence-corrected chi connectivity index (χ3v) is 4.20. The Balaban J connectivity index is 1.83. The van der Waals surface area contributed by atoms with Crippen LogP contribution in [0, 0.1) is 0 Å². The second-order valence-electron chi connectivity index (χ2n) is 5.93. The van der Waals surface area contributed by atoms with Gasteiger partial charge in [-0.05, 0) is 42.0 Å². The van der Waals surface area contributed by atoms with Gasteiger partial charge in [0, 0.05) is 30.0 Å². The maximum Gasteiger partial charge on any atom is 0.573 e. The van der Waals surface area contributed by atoms with E-state index in [9.17, 15) is 18.0 Å². The molecule has 1 aromatic heterocycles. The number of halogens is 4. The number of imidazole rings is 1. The molecule has 0 radical (unpaired) electrons. The van der Waals surface area contributed by atoms with Crippen molar-refractivity contribution in [2.75, 3.05) is 0 Å². The molecule has 28 heavy (non-hydrogen) atoms. The lowest BCUT2D eigenvalue weighted by Crippen LogP contribution is -2.31. The number of ether oxygens (including phenoxy) is 1. The number of hydrogen-bond acceptors (Lipinski definition) is 3. The number of alkyl halides is 3. The van der Waals surface area contributed by atoms with Crippen LogP contribution >= 0.6 is 11.6 Å². The van der Waals surface area contributed by atoms with Crippen molar-refractivity contribution in [3.63, 3.8) is 0 Å². The van der Waals surface area contributed by atoms with E-state index < -0.39 is 24.1 Å². The molecule has 2 aromatic carbocycles. The molecule has 1 unspecified atom stereocenters. The largest absolute Gasteiger partial charge is 0.573 e. The van der Waals surface area contributed by atoms with Gasteiger partial charge in [0.2, 0.25) is 0 Å². The summed E-state index contributed by atoms with van der Waals surface area (Å²) in [6, 6.07) is 11.0. The van der Waals surface area contributed by atoms with Crippen molar-refractivity contribution < 1.29 is 22.7 Å². The van der Waals surface area contributed by atoms with Crippen LogP contribution in [-0.4, -0.2) is 21.8 Å². The van der Waals surface area contributed by atoms with E-state index in [0.29, 0.717) is 10.8 Å². The van der Waals surface area contributed by atoms with Crippen molar-refractivity contribution in [1.82, 2.24) is 14.9 Å². The van der Waals surface area contributed by atoms with E-state index >= 15 is 0 Å². The lowest BCUT2D eigenvalue weighted by molar-refractivity contribution is -0.274. The van der Waals surface area contributed by atoms with Gasteiger partial charge in [0.15, 0.2) is 0 Å². The molecular formula is C19H15ClF3N3O2. The summed E-state index contributed by atoms with van der Waals surface area (Å²) in [6.45, 7) is 0. The fourth-order valence-corrected chi connectivity index (χ4v) is 2.76. The van der Waals surface area contributed by atoms with Crippen LogP contribution in [0.2, 0.25) is 5.02 Å². The standard InChI is InChI=1S/C19H15ClF3N3O2/c1-26-11-10-24-17(26)16(12-2-6-14(20)7-3-12)25-18(27)13-4-8-15(9-5-13)28-19(21,22)23/h2-11,16H,1H3,(H,25,27). The minimum atomic E-state index is -4.79. The second kappa shape index (κ2) is 7.93. The van der Waals surface area contributed by atoms with Crippen molar-refractivity contribution in [3.8, 4) is 5.75 Å². The molecule has 0 aliphatic rings. The van der Waals surface area contributed by atoms with Crippen LogP contribution in [0.1, 0.15) is 27.8 Å². The topological polar surface area (TPSA) is 56.2 Å². The van der Waals surface area contributed by atoms with Crippen molar-refractivity contribution in [2.24, 2.45) is 7.05 Å². The number of rotatable bonds is 5. The third-order valence-electron chi connectivity index (χ3n) is 3.95. The molecule has 1 N–H and O–H groups in total. The Labute approximate surface area is 163 Å². The van der Waals surface area contributed by atoms with Gasteiger partial charge in [0.05, 0.1) is 0 Å². The van der Waals surface area contributed by atoms with E-state index in [4.69, 9.17) is 11.6 Å². The first kappa shape index (κ1) is 19.8. The zero-order valence-electron chi connectivity index (χ0n) is 14.6. The maximum atomic E-state index is 12.7. The van der Waals surface area contributed by atoms with Gasteiger partial charge in [-0.25, -0.2) is 4.98 Å². The number of carbonyl (C=O) groups is 1. The average molecular weight is 410 g/mol. The number of hydrogen-bond donors (Lipinski definition) is 1. The number of amides is 1. The molecule has 0 spiro atoms. The van der Waals surface area contributed by atoms with E-state index in [1.807, 2.05) is 0 Å². The van der Waals surface area contributed by atoms with Crippen LogP contribution in [-0.2, 0) is 7.05 Å². The van der Waals surface area contributed by atoms with Crippen molar-refractivity contribution >= 4 is 17.5 Å². The molecule has 3 rings (SSSR count). The summed E-state index contributed by atoms with van der Waals surface area (Å²) in [7, 11) is 1.79. The van der Waals surface area contributed by atoms with Crippen LogP contribution in [0.25, 0.3) is 0 Å². The number of benzene rings is 2. The van der Waals surface area contributed by atoms with Crippen LogP contribution in [0.3, 0.4) is 0 Å². The summed E-state index contributed by atoms with van der Waals surface area (Å²) in [5, 5.41) is 3.40. The molecule has 146 valence electrons. The normalized spacial score (nSPS) is 12.5. The Morgan fingerprint density at radius 3 is 2.32 bits per heavy atom. The highest BCUT2D eigenvalue weighted by Crippen LogP contribution is 2.25. The maximum absolute atomic E-state index is 12.7. The highest BCUT2D eigenvalue weighted by Gasteiger charge is 2.31. The lowest BCUT2D eigenvalue weighted by Gasteiger charge is -2.19. The number of aryl methyl sites for hydroxylation is 1. The van der Waals surface area contributed by atoms with Gasteiger partial charge >= 0.3 is 6.36 Å². The number of aromatic nitrogens is 2. The van der Waals surface area contributed by atoms with E-state index in [1.165, 1.54) is 12.1 Å². The van der Waals surface area contributed by atoms with Gasteiger partial charge in [0.25, 0.3) is 5.91 Å². The minimum Gasteiger partial charge on any atom is -0.406 e. The van der Waals surface area contributed by atoms with Gasteiger partial charge in [-0.15, -0.1) is 13.2 Å². The van der Waals surface area contributed by atoms with Crippen molar-refractivity contribution in [1.29, 1.82) is 0 Å². The Hall–Kier alpha value is -3.00. The Morgan fingerprint density at radius 2 is 1.79 bits per heavy atom. The fraction of sp³-hybridized carbons (Fsp3) is 0.158. The first-order chi connectivity index (χ1) is 13.2. The van der Waals surface area contributed by atoms with Gasteiger partial charge in [-0.2, -0.15) is 0 Å². The summed E-state index contributed by atoms with van der Waals surface area (Å²) in [5.41, 5.74) is 0.937. The van der Waals surface area contributed by atoms with E-state index in [-0.39, 0.29) is 5.56 Å². The summed E-state index contributed by atoms with van der Waals surface area (Å²) >= 11 is 5.93. The predicted molar refractivity (Wildman–Crippen MR) is 97.1 cm³/mol. The minimum absolute atomic E-state index is 0.183. The number of carbonyl (C=O) groups excluding carboxylic acids is 1. The van der Waals surface area contributed by atoms with Gasteiger partial charge in [-0.3, -0.25) is 4.79 Å². The highest BCUT2D eigenvalue weighted by molar-refractivity contribution is 6.30. The second-order valence-corrected chi connectivity index (χ2v) is 6.36. The monoisotopic (exact) mass is 409 g/mol. The van der Waals surface area contributed by atoms with E-state index in [0.717, 1.165) is 17.7 Å². The first-order valence-corrected chi connectivity index (χ1v) is 8.50. The Kier molecular flexibility index (Phi) is 5.60. The molecule has 0 aliphatic carbocycles. The number of nitrogens with one attached hydrogen (secondary N) is 1. The van der Waals surface area contributed by atoms with Crippen LogP contribution in [0.5, 0.6) is 5.75 Å². The van der Waals surface area contributed by atoms with E-state index in [1.54, 1.807) is 48.3 Å². The molecule has 0 aliphatic heterocycles. The lowest BCUT2D eigenvalue weighted by atomic mass is 10.1. The quantitative estimate of drug-likeness (QED) is 0.675. The van der Waals surface area contributed by atoms with Crippen molar-refractivity contribution in [2.45, 2.75) is 12.4 Å². The Morgan fingerprint density at radius 1 is 1.14 bits per heavy atom. The SMILES string of the molecule is Cn1ccnc1C(NC(=O)c1ccc(OC(F)(F)F)cc1)c1ccc(Cl)cc1. The van der Waals surface area contributed by atoms with Crippen LogP contribution < -0.4 is 10.1 Å². The summed E-state index contributed by atoms with van der Waals surface area (Å²) in [6.07, 6.45) is -1.44. The van der Waals surface area contributed by atoms with Crippen LogP contribution in [0.4, 0.5) is 13.2 Å². The zero-order chi connectivity index (χ0) is 20.3. The average Bonchev–Trinajstić information content (AvgIpc) is 3.05.